The molecule has 2 aromatic rings. The van der Waals surface area contributed by atoms with Crippen LogP contribution in [0.2, 0.25) is 0 Å². The van der Waals surface area contributed by atoms with E-state index in [2.05, 4.69) is 10.6 Å². The molecule has 0 aliphatic carbocycles. The van der Waals surface area contributed by atoms with E-state index in [9.17, 15) is 19.7 Å². The summed E-state index contributed by atoms with van der Waals surface area (Å²) in [4.78, 5) is 33.9. The average molecular weight is 329 g/mol. The zero-order valence-electron chi connectivity index (χ0n) is 12.8. The highest BCUT2D eigenvalue weighted by atomic mass is 16.6. The van der Waals surface area contributed by atoms with E-state index in [0.29, 0.717) is 11.4 Å². The standard InChI is InChI=1S/C16H15N3O5/c1-24-14-7-3-5-12(9-14)18-15(20)10-17-16(21)11-4-2-6-13(8-11)19(22)23/h2-9H,10H2,1H3,(H,17,21)(H,18,20). The summed E-state index contributed by atoms with van der Waals surface area (Å²) in [5.74, 6) is -0.407. The lowest BCUT2D eigenvalue weighted by molar-refractivity contribution is -0.384. The molecule has 0 spiro atoms. The molecule has 2 amide bonds. The Kier molecular flexibility index (Phi) is 5.45. The summed E-state index contributed by atoms with van der Waals surface area (Å²) in [6, 6.07) is 12.0. The van der Waals surface area contributed by atoms with Crippen LogP contribution in [0.3, 0.4) is 0 Å². The average Bonchev–Trinajstić information content (AvgIpc) is 2.60. The molecule has 0 saturated carbocycles. The van der Waals surface area contributed by atoms with Crippen LogP contribution in [0.15, 0.2) is 48.5 Å². The first-order valence-corrected chi connectivity index (χ1v) is 6.96. The summed E-state index contributed by atoms with van der Waals surface area (Å²) >= 11 is 0. The molecule has 24 heavy (non-hydrogen) atoms. The highest BCUT2D eigenvalue weighted by Gasteiger charge is 2.12. The quantitative estimate of drug-likeness (QED) is 0.622. The van der Waals surface area contributed by atoms with Gasteiger partial charge in [0.15, 0.2) is 0 Å². The minimum absolute atomic E-state index is 0.110. The van der Waals surface area contributed by atoms with Gasteiger partial charge >= 0.3 is 0 Å². The number of methoxy groups -OCH3 is 1. The van der Waals surface area contributed by atoms with Crippen molar-refractivity contribution < 1.29 is 19.2 Å². The smallest absolute Gasteiger partial charge is 0.270 e. The number of amides is 2. The van der Waals surface area contributed by atoms with Gasteiger partial charge < -0.3 is 15.4 Å². The molecule has 0 aromatic heterocycles. The van der Waals surface area contributed by atoms with Crippen molar-refractivity contribution in [1.29, 1.82) is 0 Å². The normalized spacial score (nSPS) is 9.88. The third-order valence-corrected chi connectivity index (χ3v) is 3.08. The first-order valence-electron chi connectivity index (χ1n) is 6.96. The topological polar surface area (TPSA) is 111 Å². The Morgan fingerprint density at radius 3 is 2.62 bits per heavy atom. The van der Waals surface area contributed by atoms with Crippen LogP contribution in [0.1, 0.15) is 10.4 Å². The lowest BCUT2D eigenvalue weighted by Gasteiger charge is -2.08. The Hall–Kier alpha value is -3.42. The molecule has 0 aliphatic rings. The van der Waals surface area contributed by atoms with E-state index in [0.717, 1.165) is 6.07 Å². The number of hydrogen-bond acceptors (Lipinski definition) is 5. The molecule has 0 heterocycles. The van der Waals surface area contributed by atoms with E-state index >= 15 is 0 Å². The number of carbonyl (C=O) groups is 2. The predicted molar refractivity (Wildman–Crippen MR) is 87.1 cm³/mol. The molecule has 0 bridgehead atoms. The Morgan fingerprint density at radius 2 is 1.92 bits per heavy atom. The number of non-ortho nitro benzene ring substituents is 1. The summed E-state index contributed by atoms with van der Waals surface area (Å²) < 4.78 is 5.05. The van der Waals surface area contributed by atoms with Crippen LogP contribution < -0.4 is 15.4 Å². The van der Waals surface area contributed by atoms with Gasteiger partial charge in [-0.15, -0.1) is 0 Å². The minimum Gasteiger partial charge on any atom is -0.497 e. The van der Waals surface area contributed by atoms with Gasteiger partial charge in [-0.25, -0.2) is 0 Å². The van der Waals surface area contributed by atoms with E-state index in [1.165, 1.54) is 25.3 Å². The van der Waals surface area contributed by atoms with Gasteiger partial charge in [0, 0.05) is 29.4 Å². The number of rotatable bonds is 6. The molecule has 2 N–H and O–H groups in total. The summed E-state index contributed by atoms with van der Waals surface area (Å²) in [6.45, 7) is -0.265. The molecule has 0 atom stereocenters. The fourth-order valence-corrected chi connectivity index (χ4v) is 1.93. The zero-order valence-corrected chi connectivity index (χ0v) is 12.8. The Labute approximate surface area is 137 Å². The van der Waals surface area contributed by atoms with Gasteiger partial charge in [-0.2, -0.15) is 0 Å². The number of hydrogen-bond donors (Lipinski definition) is 2. The van der Waals surface area contributed by atoms with Crippen LogP contribution >= 0.6 is 0 Å². The first kappa shape index (κ1) is 16.9. The summed E-state index contributed by atoms with van der Waals surface area (Å²) in [5.41, 5.74) is 0.450. The molecule has 8 heteroatoms. The second-order valence-electron chi connectivity index (χ2n) is 4.77. The molecule has 0 aliphatic heterocycles. The number of anilines is 1. The SMILES string of the molecule is COc1cccc(NC(=O)CNC(=O)c2cccc([N+](=O)[O-])c2)c1. The van der Waals surface area contributed by atoms with Gasteiger partial charge in [-0.3, -0.25) is 19.7 Å². The molecular weight excluding hydrogens is 314 g/mol. The number of nitro benzene ring substituents is 1. The van der Waals surface area contributed by atoms with Crippen LogP contribution in [0.5, 0.6) is 5.75 Å². The van der Waals surface area contributed by atoms with Gasteiger partial charge in [0.05, 0.1) is 18.6 Å². The minimum atomic E-state index is -0.591. The second kappa shape index (κ2) is 7.73. The van der Waals surface area contributed by atoms with Gasteiger partial charge in [0.1, 0.15) is 5.75 Å². The van der Waals surface area contributed by atoms with Gasteiger partial charge in [0.2, 0.25) is 5.91 Å². The maximum Gasteiger partial charge on any atom is 0.270 e. The lowest BCUT2D eigenvalue weighted by atomic mass is 10.2. The molecular formula is C16H15N3O5. The maximum absolute atomic E-state index is 11.9. The second-order valence-corrected chi connectivity index (χ2v) is 4.77. The number of benzene rings is 2. The van der Waals surface area contributed by atoms with Crippen molar-refractivity contribution in [2.24, 2.45) is 0 Å². The number of nitrogens with zero attached hydrogens (tertiary/aromatic N) is 1. The fraction of sp³-hybridized carbons (Fsp3) is 0.125. The maximum atomic E-state index is 11.9. The van der Waals surface area contributed by atoms with E-state index in [4.69, 9.17) is 4.74 Å². The molecule has 0 unspecified atom stereocenters. The van der Waals surface area contributed by atoms with Crippen molar-refractivity contribution in [1.82, 2.24) is 5.32 Å². The monoisotopic (exact) mass is 329 g/mol. The molecule has 0 saturated heterocycles. The molecule has 2 rings (SSSR count). The van der Waals surface area contributed by atoms with Crippen LogP contribution in [0.25, 0.3) is 0 Å². The third-order valence-electron chi connectivity index (χ3n) is 3.08. The summed E-state index contributed by atoms with van der Waals surface area (Å²) in [6.07, 6.45) is 0. The number of ether oxygens (including phenoxy) is 1. The molecule has 8 nitrogen and oxygen atoms in total. The lowest BCUT2D eigenvalue weighted by Crippen LogP contribution is -2.32. The third kappa shape index (κ3) is 4.54. The van der Waals surface area contributed by atoms with Crippen molar-refractivity contribution in [3.05, 3.63) is 64.2 Å². The highest BCUT2D eigenvalue weighted by Crippen LogP contribution is 2.16. The summed E-state index contributed by atoms with van der Waals surface area (Å²) in [7, 11) is 1.51. The molecule has 0 radical (unpaired) electrons. The van der Waals surface area contributed by atoms with E-state index in [1.54, 1.807) is 24.3 Å². The molecule has 0 fully saturated rings. The van der Waals surface area contributed by atoms with Crippen LogP contribution in [-0.4, -0.2) is 30.4 Å². The van der Waals surface area contributed by atoms with Gasteiger partial charge in [-0.1, -0.05) is 12.1 Å². The van der Waals surface area contributed by atoms with Crippen molar-refractivity contribution in [3.63, 3.8) is 0 Å². The van der Waals surface area contributed by atoms with E-state index in [1.807, 2.05) is 0 Å². The highest BCUT2D eigenvalue weighted by molar-refractivity contribution is 5.99. The van der Waals surface area contributed by atoms with Crippen molar-refractivity contribution in [3.8, 4) is 5.75 Å². The number of carbonyl (C=O) groups excluding carboxylic acids is 2. The largest absolute Gasteiger partial charge is 0.497 e. The van der Waals surface area contributed by atoms with E-state index < -0.39 is 16.7 Å². The Balaban J connectivity index is 1.92. The Morgan fingerprint density at radius 1 is 1.17 bits per heavy atom. The zero-order chi connectivity index (χ0) is 17.5. The molecule has 2 aromatic carbocycles. The number of nitro groups is 1. The van der Waals surface area contributed by atoms with Gasteiger partial charge in [0.25, 0.3) is 11.6 Å². The predicted octanol–water partition coefficient (Wildman–Crippen LogP) is 1.97. The molecule has 124 valence electrons. The van der Waals surface area contributed by atoms with Crippen LogP contribution in [0, 0.1) is 10.1 Å². The van der Waals surface area contributed by atoms with Gasteiger partial charge in [-0.05, 0) is 18.2 Å². The Bertz CT molecular complexity index is 776. The van der Waals surface area contributed by atoms with Crippen LogP contribution in [-0.2, 0) is 4.79 Å². The van der Waals surface area contributed by atoms with Crippen molar-refractivity contribution in [2.45, 2.75) is 0 Å². The fourth-order valence-electron chi connectivity index (χ4n) is 1.93. The van der Waals surface area contributed by atoms with Crippen molar-refractivity contribution in [2.75, 3.05) is 19.0 Å². The first-order chi connectivity index (χ1) is 11.5. The van der Waals surface area contributed by atoms with Crippen molar-refractivity contribution >= 4 is 23.2 Å². The van der Waals surface area contributed by atoms with Crippen LogP contribution in [0.4, 0.5) is 11.4 Å². The number of nitrogens with one attached hydrogen (secondary N) is 2. The summed E-state index contributed by atoms with van der Waals surface area (Å²) in [5, 5.41) is 15.7. The van der Waals surface area contributed by atoms with E-state index in [-0.39, 0.29) is 17.8 Å².